The second kappa shape index (κ2) is 10.7. The largest absolute Gasteiger partial charge is 0.381 e. The van der Waals surface area contributed by atoms with Crippen LogP contribution in [0.5, 0.6) is 0 Å². The Bertz CT molecular complexity index is 1040. The summed E-state index contributed by atoms with van der Waals surface area (Å²) >= 11 is 0. The van der Waals surface area contributed by atoms with E-state index in [1.807, 2.05) is 6.21 Å². The van der Waals surface area contributed by atoms with E-state index in [2.05, 4.69) is 86.6 Å². The molecular formula is C29H34N2O. The molecule has 0 bridgehead atoms. The summed E-state index contributed by atoms with van der Waals surface area (Å²) in [5.41, 5.74) is 8.83. The van der Waals surface area contributed by atoms with Crippen molar-refractivity contribution in [1.82, 2.24) is 0 Å². The first-order valence-electron chi connectivity index (χ1n) is 11.9. The molecule has 1 aromatic rings. The molecule has 2 heterocycles. The van der Waals surface area contributed by atoms with Gasteiger partial charge in [-0.1, -0.05) is 48.6 Å². The Morgan fingerprint density at radius 1 is 1.25 bits per heavy atom. The van der Waals surface area contributed by atoms with Gasteiger partial charge in [-0.3, -0.25) is 9.98 Å². The van der Waals surface area contributed by atoms with Gasteiger partial charge in [-0.05, 0) is 91.0 Å². The second-order valence-electron chi connectivity index (χ2n) is 8.67. The molecule has 3 heteroatoms. The highest BCUT2D eigenvalue weighted by Gasteiger charge is 2.25. The molecule has 0 N–H and O–H groups in total. The Morgan fingerprint density at radius 2 is 2.09 bits per heavy atom. The molecule has 0 radical (unpaired) electrons. The van der Waals surface area contributed by atoms with E-state index in [1.54, 1.807) is 0 Å². The number of benzene rings is 1. The fraction of sp³-hybridized carbons (Fsp3) is 0.379. The van der Waals surface area contributed by atoms with Gasteiger partial charge in [0, 0.05) is 32.2 Å². The highest BCUT2D eigenvalue weighted by molar-refractivity contribution is 6.09. The SMILES string of the molecule is C/C=C(\C=NCC)c1cccc(C2=CC(C)=C(C3=CC(C4CCOCC4)N=C3)C=CC2)c1. The van der Waals surface area contributed by atoms with E-state index >= 15 is 0 Å². The van der Waals surface area contributed by atoms with Crippen LogP contribution in [0, 0.1) is 5.92 Å². The van der Waals surface area contributed by atoms with E-state index in [4.69, 9.17) is 9.73 Å². The van der Waals surface area contributed by atoms with Crippen molar-refractivity contribution in [3.63, 3.8) is 0 Å². The average Bonchev–Trinajstić information content (AvgIpc) is 3.24. The zero-order chi connectivity index (χ0) is 22.3. The minimum atomic E-state index is 0.301. The maximum atomic E-state index is 5.53. The van der Waals surface area contributed by atoms with Crippen molar-refractivity contribution < 1.29 is 4.74 Å². The van der Waals surface area contributed by atoms with Gasteiger partial charge in [-0.2, -0.15) is 0 Å². The number of aliphatic imine (C=N–C) groups is 2. The van der Waals surface area contributed by atoms with Crippen molar-refractivity contribution in [3.8, 4) is 0 Å². The number of allylic oxidation sites excluding steroid dienone is 9. The molecule has 1 fully saturated rings. The maximum absolute atomic E-state index is 5.53. The molecule has 0 saturated carbocycles. The van der Waals surface area contributed by atoms with E-state index in [9.17, 15) is 0 Å². The number of ether oxygens (including phenoxy) is 1. The van der Waals surface area contributed by atoms with Gasteiger partial charge in [-0.25, -0.2) is 0 Å². The lowest BCUT2D eigenvalue weighted by Gasteiger charge is -2.24. The third kappa shape index (κ3) is 5.16. The normalized spacial score (nSPS) is 22.5. The van der Waals surface area contributed by atoms with Gasteiger partial charge < -0.3 is 4.74 Å². The number of hydrogen-bond acceptors (Lipinski definition) is 3. The van der Waals surface area contributed by atoms with Crippen LogP contribution in [0.3, 0.4) is 0 Å². The fourth-order valence-corrected chi connectivity index (χ4v) is 4.67. The Balaban J connectivity index is 1.59. The molecule has 1 saturated heterocycles. The van der Waals surface area contributed by atoms with Gasteiger partial charge in [0.2, 0.25) is 0 Å². The van der Waals surface area contributed by atoms with E-state index in [-0.39, 0.29) is 0 Å². The van der Waals surface area contributed by atoms with Crippen LogP contribution in [0.1, 0.15) is 51.2 Å². The zero-order valence-electron chi connectivity index (χ0n) is 19.6. The Hall–Kier alpha value is -2.78. The first-order valence-corrected chi connectivity index (χ1v) is 11.9. The number of hydrogen-bond donors (Lipinski definition) is 0. The van der Waals surface area contributed by atoms with E-state index in [0.717, 1.165) is 44.6 Å². The predicted octanol–water partition coefficient (Wildman–Crippen LogP) is 6.65. The van der Waals surface area contributed by atoms with Gasteiger partial charge in [0.05, 0.1) is 6.04 Å². The lowest BCUT2D eigenvalue weighted by Crippen LogP contribution is -2.23. The summed E-state index contributed by atoms with van der Waals surface area (Å²) in [5, 5.41) is 0. The number of rotatable bonds is 6. The van der Waals surface area contributed by atoms with Gasteiger partial charge in [0.25, 0.3) is 0 Å². The van der Waals surface area contributed by atoms with E-state index in [0.29, 0.717) is 12.0 Å². The fourth-order valence-electron chi connectivity index (χ4n) is 4.67. The third-order valence-corrected chi connectivity index (χ3v) is 6.52. The standard InChI is InChI=1S/C29H34N2O/c1-4-22(19-30-5-2)25-8-6-9-26(17-25)24-10-7-11-28(21(3)16-24)27-18-29(31-20-27)23-12-14-32-15-13-23/h4,6-9,11,16-20,23,29H,5,10,12-15H2,1-3H3/b22-4+,30-19?. The van der Waals surface area contributed by atoms with Crippen molar-refractivity contribution in [2.24, 2.45) is 15.9 Å². The molecule has 0 amide bonds. The van der Waals surface area contributed by atoms with Crippen molar-refractivity contribution in [1.29, 1.82) is 0 Å². The van der Waals surface area contributed by atoms with Crippen LogP contribution in [0.2, 0.25) is 0 Å². The molecule has 1 aromatic carbocycles. The lowest BCUT2D eigenvalue weighted by molar-refractivity contribution is 0.0633. The van der Waals surface area contributed by atoms with Crippen molar-refractivity contribution in [3.05, 3.63) is 82.5 Å². The van der Waals surface area contributed by atoms with Gasteiger partial charge in [0.15, 0.2) is 0 Å². The van der Waals surface area contributed by atoms with Gasteiger partial charge >= 0.3 is 0 Å². The lowest BCUT2D eigenvalue weighted by atomic mass is 9.91. The van der Waals surface area contributed by atoms with Crippen LogP contribution in [0.25, 0.3) is 11.1 Å². The average molecular weight is 427 g/mol. The molecule has 32 heavy (non-hydrogen) atoms. The van der Waals surface area contributed by atoms with Gasteiger partial charge in [0.1, 0.15) is 0 Å². The van der Waals surface area contributed by atoms with Crippen LogP contribution >= 0.6 is 0 Å². The topological polar surface area (TPSA) is 34.0 Å². The van der Waals surface area contributed by atoms with Crippen molar-refractivity contribution >= 4 is 23.6 Å². The monoisotopic (exact) mass is 426 g/mol. The summed E-state index contributed by atoms with van der Waals surface area (Å²) in [4.78, 5) is 9.27. The summed E-state index contributed by atoms with van der Waals surface area (Å²) < 4.78 is 5.53. The third-order valence-electron chi connectivity index (χ3n) is 6.52. The van der Waals surface area contributed by atoms with Crippen LogP contribution < -0.4 is 0 Å². The molecule has 0 spiro atoms. The smallest absolute Gasteiger partial charge is 0.0719 e. The molecule has 1 aliphatic carbocycles. The van der Waals surface area contributed by atoms with E-state index < -0.39 is 0 Å². The summed E-state index contributed by atoms with van der Waals surface area (Å²) in [6.07, 6.45) is 18.6. The highest BCUT2D eigenvalue weighted by atomic mass is 16.5. The summed E-state index contributed by atoms with van der Waals surface area (Å²) in [5.74, 6) is 0.610. The van der Waals surface area contributed by atoms with Crippen LogP contribution in [0.4, 0.5) is 0 Å². The molecule has 0 aromatic heterocycles. The first kappa shape index (κ1) is 22.4. The van der Waals surface area contributed by atoms with E-state index in [1.165, 1.54) is 33.4 Å². The van der Waals surface area contributed by atoms with Gasteiger partial charge in [-0.15, -0.1) is 0 Å². The minimum Gasteiger partial charge on any atom is -0.381 e. The second-order valence-corrected chi connectivity index (χ2v) is 8.67. The van der Waals surface area contributed by atoms with Crippen LogP contribution in [0.15, 0.2) is 81.3 Å². The Morgan fingerprint density at radius 3 is 2.88 bits per heavy atom. The Labute approximate surface area is 192 Å². The zero-order valence-corrected chi connectivity index (χ0v) is 19.6. The predicted molar refractivity (Wildman–Crippen MR) is 137 cm³/mol. The molecule has 4 rings (SSSR count). The molecule has 2 aliphatic heterocycles. The molecule has 3 nitrogen and oxygen atoms in total. The molecular weight excluding hydrogens is 392 g/mol. The summed E-state index contributed by atoms with van der Waals surface area (Å²) in [6.45, 7) is 8.88. The Kier molecular flexibility index (Phi) is 7.49. The quantitative estimate of drug-likeness (QED) is 0.469. The first-order chi connectivity index (χ1) is 15.7. The van der Waals surface area contributed by atoms with Crippen LogP contribution in [-0.4, -0.2) is 38.2 Å². The summed E-state index contributed by atoms with van der Waals surface area (Å²) in [6, 6.07) is 9.11. The molecule has 1 unspecified atom stereocenters. The molecule has 1 atom stereocenters. The molecule has 3 aliphatic rings. The summed E-state index contributed by atoms with van der Waals surface area (Å²) in [7, 11) is 0. The highest BCUT2D eigenvalue weighted by Crippen LogP contribution is 2.32. The maximum Gasteiger partial charge on any atom is 0.0719 e. The molecule has 166 valence electrons. The van der Waals surface area contributed by atoms with Crippen LogP contribution in [-0.2, 0) is 4.74 Å². The number of nitrogens with zero attached hydrogens (tertiary/aromatic N) is 2. The van der Waals surface area contributed by atoms with Crippen molar-refractivity contribution in [2.75, 3.05) is 19.8 Å². The minimum absolute atomic E-state index is 0.301. The van der Waals surface area contributed by atoms with Crippen molar-refractivity contribution in [2.45, 2.75) is 46.1 Å².